The van der Waals surface area contributed by atoms with Gasteiger partial charge in [-0.1, -0.05) is 60.7 Å². The molecular formula is C19H16O2. The first-order valence-electron chi connectivity index (χ1n) is 6.93. The van der Waals surface area contributed by atoms with Crippen molar-refractivity contribution in [2.24, 2.45) is 0 Å². The summed E-state index contributed by atoms with van der Waals surface area (Å²) in [6, 6.07) is 19.8. The molecule has 0 aliphatic rings. The van der Waals surface area contributed by atoms with E-state index < -0.39 is 0 Å². The molecule has 0 spiro atoms. The molecular weight excluding hydrogens is 260 g/mol. The SMILES string of the molecule is CC(=O)c1c(C)oc(-c2ccccc2)c1-c1ccccc1. The minimum absolute atomic E-state index is 0.0253. The highest BCUT2D eigenvalue weighted by Crippen LogP contribution is 2.39. The van der Waals surface area contributed by atoms with Crippen molar-refractivity contribution in [3.8, 4) is 22.5 Å². The number of hydrogen-bond donors (Lipinski definition) is 0. The lowest BCUT2D eigenvalue weighted by Crippen LogP contribution is -1.95. The normalized spacial score (nSPS) is 10.6. The van der Waals surface area contributed by atoms with Crippen LogP contribution in [0.4, 0.5) is 0 Å². The van der Waals surface area contributed by atoms with E-state index >= 15 is 0 Å². The summed E-state index contributed by atoms with van der Waals surface area (Å²) in [6.45, 7) is 3.43. The first-order valence-corrected chi connectivity index (χ1v) is 6.93. The molecule has 0 radical (unpaired) electrons. The first kappa shape index (κ1) is 13.4. The Balaban J connectivity index is 2.32. The van der Waals surface area contributed by atoms with Crippen LogP contribution in [0.3, 0.4) is 0 Å². The van der Waals surface area contributed by atoms with Crippen molar-refractivity contribution in [2.75, 3.05) is 0 Å². The second-order valence-corrected chi connectivity index (χ2v) is 5.03. The molecule has 0 aliphatic heterocycles. The van der Waals surface area contributed by atoms with Crippen LogP contribution in [0.2, 0.25) is 0 Å². The Morgan fingerprint density at radius 1 is 0.857 bits per heavy atom. The predicted octanol–water partition coefficient (Wildman–Crippen LogP) is 5.12. The first-order chi connectivity index (χ1) is 10.2. The molecule has 3 rings (SSSR count). The fourth-order valence-electron chi connectivity index (χ4n) is 2.64. The third-order valence-electron chi connectivity index (χ3n) is 3.53. The Morgan fingerprint density at radius 3 is 1.90 bits per heavy atom. The lowest BCUT2D eigenvalue weighted by molar-refractivity contribution is 0.101. The van der Waals surface area contributed by atoms with Crippen molar-refractivity contribution in [3.63, 3.8) is 0 Å². The van der Waals surface area contributed by atoms with E-state index in [4.69, 9.17) is 4.42 Å². The highest BCUT2D eigenvalue weighted by molar-refractivity contribution is 6.05. The molecule has 1 aromatic heterocycles. The second kappa shape index (κ2) is 5.41. The van der Waals surface area contributed by atoms with Crippen molar-refractivity contribution in [2.45, 2.75) is 13.8 Å². The molecule has 0 N–H and O–H groups in total. The summed E-state index contributed by atoms with van der Waals surface area (Å²) < 4.78 is 5.93. The summed E-state index contributed by atoms with van der Waals surface area (Å²) in [4.78, 5) is 12.0. The molecule has 0 unspecified atom stereocenters. The topological polar surface area (TPSA) is 30.2 Å². The van der Waals surface area contributed by atoms with Gasteiger partial charge in [-0.25, -0.2) is 0 Å². The van der Waals surface area contributed by atoms with Gasteiger partial charge in [-0.05, 0) is 19.4 Å². The number of rotatable bonds is 3. The Hall–Kier alpha value is -2.61. The summed E-state index contributed by atoms with van der Waals surface area (Å²) in [5.41, 5.74) is 3.53. The van der Waals surface area contributed by atoms with Crippen molar-refractivity contribution < 1.29 is 9.21 Å². The van der Waals surface area contributed by atoms with Crippen LogP contribution in [0.1, 0.15) is 23.0 Å². The quantitative estimate of drug-likeness (QED) is 0.621. The molecule has 2 nitrogen and oxygen atoms in total. The van der Waals surface area contributed by atoms with E-state index in [1.165, 1.54) is 0 Å². The van der Waals surface area contributed by atoms with E-state index in [0.717, 1.165) is 22.5 Å². The van der Waals surface area contributed by atoms with Gasteiger partial charge in [0, 0.05) is 11.1 Å². The van der Waals surface area contributed by atoms with Gasteiger partial charge < -0.3 is 4.42 Å². The van der Waals surface area contributed by atoms with Gasteiger partial charge in [0.1, 0.15) is 11.5 Å². The number of carbonyl (C=O) groups is 1. The van der Waals surface area contributed by atoms with Crippen LogP contribution in [0.15, 0.2) is 65.1 Å². The van der Waals surface area contributed by atoms with E-state index in [2.05, 4.69) is 0 Å². The summed E-state index contributed by atoms with van der Waals surface area (Å²) in [5.74, 6) is 1.45. The minimum atomic E-state index is 0.0253. The molecule has 0 aliphatic carbocycles. The summed E-state index contributed by atoms with van der Waals surface area (Å²) in [6.07, 6.45) is 0. The third-order valence-corrected chi connectivity index (χ3v) is 3.53. The van der Waals surface area contributed by atoms with Gasteiger partial charge in [0.15, 0.2) is 5.78 Å². The van der Waals surface area contributed by atoms with E-state index in [-0.39, 0.29) is 5.78 Å². The molecule has 0 atom stereocenters. The van der Waals surface area contributed by atoms with Crippen LogP contribution in [0, 0.1) is 6.92 Å². The highest BCUT2D eigenvalue weighted by atomic mass is 16.3. The molecule has 0 bridgehead atoms. The maximum Gasteiger partial charge on any atom is 0.163 e. The monoisotopic (exact) mass is 276 g/mol. The second-order valence-electron chi connectivity index (χ2n) is 5.03. The van der Waals surface area contributed by atoms with Crippen LogP contribution >= 0.6 is 0 Å². The number of carbonyl (C=O) groups excluding carboxylic acids is 1. The molecule has 2 heteroatoms. The Kier molecular flexibility index (Phi) is 3.44. The number of benzene rings is 2. The molecule has 3 aromatic rings. The lowest BCUT2D eigenvalue weighted by atomic mass is 9.95. The molecule has 0 amide bonds. The smallest absolute Gasteiger partial charge is 0.163 e. The number of aryl methyl sites for hydroxylation is 1. The predicted molar refractivity (Wildman–Crippen MR) is 84.3 cm³/mol. The van der Waals surface area contributed by atoms with Crippen LogP contribution in [0.5, 0.6) is 0 Å². The van der Waals surface area contributed by atoms with E-state index in [1.54, 1.807) is 6.92 Å². The summed E-state index contributed by atoms with van der Waals surface area (Å²) >= 11 is 0. The zero-order valence-electron chi connectivity index (χ0n) is 12.1. The number of hydrogen-bond acceptors (Lipinski definition) is 2. The third kappa shape index (κ3) is 2.40. The van der Waals surface area contributed by atoms with Gasteiger partial charge in [-0.15, -0.1) is 0 Å². The van der Waals surface area contributed by atoms with Crippen LogP contribution in [0.25, 0.3) is 22.5 Å². The Bertz CT molecular complexity index is 768. The van der Waals surface area contributed by atoms with Gasteiger partial charge in [0.05, 0.1) is 5.56 Å². The van der Waals surface area contributed by atoms with E-state index in [9.17, 15) is 4.79 Å². The maximum atomic E-state index is 12.0. The number of ketones is 1. The van der Waals surface area contributed by atoms with Gasteiger partial charge >= 0.3 is 0 Å². The Morgan fingerprint density at radius 2 is 1.38 bits per heavy atom. The van der Waals surface area contributed by atoms with Crippen molar-refractivity contribution >= 4 is 5.78 Å². The maximum absolute atomic E-state index is 12.0. The average molecular weight is 276 g/mol. The fraction of sp³-hybridized carbons (Fsp3) is 0.105. The van der Waals surface area contributed by atoms with Gasteiger partial charge in [0.25, 0.3) is 0 Å². The standard InChI is InChI=1S/C19H16O2/c1-13(20)17-14(2)21-19(16-11-7-4-8-12-16)18(17)15-9-5-3-6-10-15/h3-12H,1-2H3. The fourth-order valence-corrected chi connectivity index (χ4v) is 2.64. The molecule has 1 heterocycles. The summed E-state index contributed by atoms with van der Waals surface area (Å²) in [5, 5.41) is 0. The average Bonchev–Trinajstić information content (AvgIpc) is 2.86. The summed E-state index contributed by atoms with van der Waals surface area (Å²) in [7, 11) is 0. The molecule has 21 heavy (non-hydrogen) atoms. The molecule has 2 aromatic carbocycles. The van der Waals surface area contributed by atoms with E-state index in [0.29, 0.717) is 11.3 Å². The lowest BCUT2D eigenvalue weighted by Gasteiger charge is -2.05. The van der Waals surface area contributed by atoms with E-state index in [1.807, 2.05) is 67.6 Å². The molecule has 104 valence electrons. The number of furan rings is 1. The van der Waals surface area contributed by atoms with Crippen LogP contribution < -0.4 is 0 Å². The van der Waals surface area contributed by atoms with Crippen molar-refractivity contribution in [1.82, 2.24) is 0 Å². The van der Waals surface area contributed by atoms with Gasteiger partial charge in [-0.3, -0.25) is 4.79 Å². The molecule has 0 saturated carbocycles. The molecule has 0 saturated heterocycles. The van der Waals surface area contributed by atoms with Crippen LogP contribution in [-0.4, -0.2) is 5.78 Å². The zero-order chi connectivity index (χ0) is 14.8. The van der Waals surface area contributed by atoms with Gasteiger partial charge in [0.2, 0.25) is 0 Å². The Labute approximate surface area is 124 Å². The van der Waals surface area contributed by atoms with Crippen LogP contribution in [-0.2, 0) is 0 Å². The van der Waals surface area contributed by atoms with Crippen molar-refractivity contribution in [3.05, 3.63) is 72.0 Å². The zero-order valence-corrected chi connectivity index (χ0v) is 12.1. The highest BCUT2D eigenvalue weighted by Gasteiger charge is 2.22. The van der Waals surface area contributed by atoms with Gasteiger partial charge in [-0.2, -0.15) is 0 Å². The number of Topliss-reactive ketones (excluding diaryl/α,β-unsaturated/α-hetero) is 1. The van der Waals surface area contributed by atoms with Crippen molar-refractivity contribution in [1.29, 1.82) is 0 Å². The molecule has 0 fully saturated rings. The largest absolute Gasteiger partial charge is 0.460 e. The minimum Gasteiger partial charge on any atom is -0.460 e.